The lowest BCUT2D eigenvalue weighted by atomic mass is 10.1. The topological polar surface area (TPSA) is 26.3 Å². The molecule has 0 amide bonds. The molecule has 0 aliphatic rings. The Hall–Kier alpha value is -1.31. The van der Waals surface area contributed by atoms with Crippen molar-refractivity contribution in [3.05, 3.63) is 42.3 Å². The standard InChI is InChI=1S/C12H15O2/c1-2-14-12(13)10-6-9-11-7-4-3-5-8-11/h3-5,7-9H,2,6,10H2,1H3. The molecule has 1 aromatic rings. The zero-order chi connectivity index (χ0) is 10.2. The van der Waals surface area contributed by atoms with E-state index in [-0.39, 0.29) is 5.97 Å². The minimum atomic E-state index is -0.125. The molecule has 1 rings (SSSR count). The van der Waals surface area contributed by atoms with Gasteiger partial charge in [0.1, 0.15) is 0 Å². The van der Waals surface area contributed by atoms with Crippen LogP contribution in [-0.4, -0.2) is 12.6 Å². The van der Waals surface area contributed by atoms with Gasteiger partial charge >= 0.3 is 5.97 Å². The summed E-state index contributed by atoms with van der Waals surface area (Å²) in [6.07, 6.45) is 3.24. The van der Waals surface area contributed by atoms with Crippen molar-refractivity contribution in [2.75, 3.05) is 6.61 Å². The van der Waals surface area contributed by atoms with Gasteiger partial charge in [-0.3, -0.25) is 4.79 Å². The molecule has 0 spiro atoms. The van der Waals surface area contributed by atoms with E-state index in [2.05, 4.69) is 0 Å². The maximum Gasteiger partial charge on any atom is 0.305 e. The normalized spacial score (nSPS) is 9.79. The summed E-state index contributed by atoms with van der Waals surface area (Å²) in [7, 11) is 0. The maximum absolute atomic E-state index is 11.0. The summed E-state index contributed by atoms with van der Waals surface area (Å²) < 4.78 is 4.82. The summed E-state index contributed by atoms with van der Waals surface area (Å²) >= 11 is 0. The fourth-order valence-corrected chi connectivity index (χ4v) is 1.18. The van der Waals surface area contributed by atoms with Gasteiger partial charge in [0.05, 0.1) is 6.61 Å². The summed E-state index contributed by atoms with van der Waals surface area (Å²) in [5.41, 5.74) is 1.15. The molecule has 0 fully saturated rings. The third-order valence-corrected chi connectivity index (χ3v) is 1.83. The van der Waals surface area contributed by atoms with Crippen LogP contribution in [0.5, 0.6) is 0 Å². The van der Waals surface area contributed by atoms with Crippen molar-refractivity contribution in [3.8, 4) is 0 Å². The predicted octanol–water partition coefficient (Wildman–Crippen LogP) is 2.58. The van der Waals surface area contributed by atoms with E-state index in [1.165, 1.54) is 0 Å². The van der Waals surface area contributed by atoms with Crippen LogP contribution >= 0.6 is 0 Å². The van der Waals surface area contributed by atoms with Crippen LogP contribution < -0.4 is 0 Å². The minimum absolute atomic E-state index is 0.125. The third kappa shape index (κ3) is 4.08. The highest BCUT2D eigenvalue weighted by Gasteiger charge is 2.01. The monoisotopic (exact) mass is 191 g/mol. The molecule has 0 aliphatic carbocycles. The van der Waals surface area contributed by atoms with E-state index >= 15 is 0 Å². The Morgan fingerprint density at radius 1 is 1.36 bits per heavy atom. The van der Waals surface area contributed by atoms with Gasteiger partial charge in [0.15, 0.2) is 0 Å². The van der Waals surface area contributed by atoms with Crippen molar-refractivity contribution >= 4 is 5.97 Å². The molecule has 0 bridgehead atoms. The molecule has 1 radical (unpaired) electrons. The Morgan fingerprint density at radius 2 is 2.07 bits per heavy atom. The van der Waals surface area contributed by atoms with Crippen LogP contribution in [0.4, 0.5) is 0 Å². The second-order valence-electron chi connectivity index (χ2n) is 2.96. The first-order valence-electron chi connectivity index (χ1n) is 4.87. The Bertz CT molecular complexity index is 267. The zero-order valence-electron chi connectivity index (χ0n) is 8.40. The van der Waals surface area contributed by atoms with Crippen LogP contribution in [0, 0.1) is 6.42 Å². The van der Waals surface area contributed by atoms with E-state index in [0.717, 1.165) is 12.0 Å². The Kier molecular flexibility index (Phi) is 4.76. The molecule has 0 unspecified atom stereocenters. The molecule has 2 heteroatoms. The van der Waals surface area contributed by atoms with E-state index in [0.29, 0.717) is 13.0 Å². The highest BCUT2D eigenvalue weighted by Crippen LogP contribution is 2.07. The second kappa shape index (κ2) is 6.19. The number of hydrogen-bond acceptors (Lipinski definition) is 2. The van der Waals surface area contributed by atoms with Gasteiger partial charge in [-0.1, -0.05) is 30.3 Å². The number of esters is 1. The van der Waals surface area contributed by atoms with E-state index in [1.54, 1.807) is 0 Å². The van der Waals surface area contributed by atoms with E-state index < -0.39 is 0 Å². The number of carbonyl (C=O) groups excluding carboxylic acids is 1. The average molecular weight is 191 g/mol. The molecule has 1 aromatic carbocycles. The van der Waals surface area contributed by atoms with Gasteiger partial charge in [-0.2, -0.15) is 0 Å². The first-order chi connectivity index (χ1) is 6.83. The van der Waals surface area contributed by atoms with Crippen molar-refractivity contribution in [2.45, 2.75) is 19.8 Å². The number of ether oxygens (including phenoxy) is 1. The molecule has 0 heterocycles. The maximum atomic E-state index is 11.0. The number of carbonyl (C=O) groups is 1. The molecular formula is C12H15O2. The van der Waals surface area contributed by atoms with Gasteiger partial charge in [-0.25, -0.2) is 0 Å². The smallest absolute Gasteiger partial charge is 0.305 e. The largest absolute Gasteiger partial charge is 0.466 e. The molecule has 0 saturated carbocycles. The predicted molar refractivity (Wildman–Crippen MR) is 55.7 cm³/mol. The van der Waals surface area contributed by atoms with Crippen molar-refractivity contribution < 1.29 is 9.53 Å². The molecule has 2 nitrogen and oxygen atoms in total. The average Bonchev–Trinajstić information content (AvgIpc) is 2.20. The highest BCUT2D eigenvalue weighted by atomic mass is 16.5. The van der Waals surface area contributed by atoms with Crippen molar-refractivity contribution in [2.24, 2.45) is 0 Å². The summed E-state index contributed by atoms with van der Waals surface area (Å²) in [5.74, 6) is -0.125. The van der Waals surface area contributed by atoms with Gasteiger partial charge in [0, 0.05) is 6.42 Å². The van der Waals surface area contributed by atoms with E-state index in [4.69, 9.17) is 4.74 Å². The van der Waals surface area contributed by atoms with Gasteiger partial charge in [0.25, 0.3) is 0 Å². The Morgan fingerprint density at radius 3 is 2.71 bits per heavy atom. The fourth-order valence-electron chi connectivity index (χ4n) is 1.18. The van der Waals surface area contributed by atoms with Gasteiger partial charge in [-0.15, -0.1) is 0 Å². The molecular weight excluding hydrogens is 176 g/mol. The lowest BCUT2D eigenvalue weighted by Gasteiger charge is -2.01. The van der Waals surface area contributed by atoms with Crippen LogP contribution in [-0.2, 0) is 9.53 Å². The van der Waals surface area contributed by atoms with Crippen LogP contribution in [0.2, 0.25) is 0 Å². The van der Waals surface area contributed by atoms with Crippen LogP contribution in [0.1, 0.15) is 25.3 Å². The molecule has 0 atom stereocenters. The third-order valence-electron chi connectivity index (χ3n) is 1.83. The number of benzene rings is 1. The van der Waals surface area contributed by atoms with E-state index in [1.807, 2.05) is 43.7 Å². The summed E-state index contributed by atoms with van der Waals surface area (Å²) in [4.78, 5) is 11.0. The Labute approximate surface area is 84.9 Å². The lowest BCUT2D eigenvalue weighted by molar-refractivity contribution is -0.143. The van der Waals surface area contributed by atoms with Crippen LogP contribution in [0.25, 0.3) is 0 Å². The number of hydrogen-bond donors (Lipinski definition) is 0. The summed E-state index contributed by atoms with van der Waals surface area (Å²) in [5, 5.41) is 0. The first kappa shape index (κ1) is 10.8. The second-order valence-corrected chi connectivity index (χ2v) is 2.96. The van der Waals surface area contributed by atoms with Gasteiger partial charge in [0.2, 0.25) is 0 Å². The number of rotatable bonds is 5. The lowest BCUT2D eigenvalue weighted by Crippen LogP contribution is -2.03. The highest BCUT2D eigenvalue weighted by molar-refractivity contribution is 5.69. The van der Waals surface area contributed by atoms with Crippen LogP contribution in [0.3, 0.4) is 0 Å². The van der Waals surface area contributed by atoms with Gasteiger partial charge in [-0.05, 0) is 25.3 Å². The summed E-state index contributed by atoms with van der Waals surface area (Å²) in [6, 6.07) is 9.98. The molecule has 0 aliphatic heterocycles. The quantitative estimate of drug-likeness (QED) is 0.669. The van der Waals surface area contributed by atoms with Crippen molar-refractivity contribution in [1.82, 2.24) is 0 Å². The van der Waals surface area contributed by atoms with Crippen molar-refractivity contribution in [1.29, 1.82) is 0 Å². The Balaban J connectivity index is 2.19. The zero-order valence-corrected chi connectivity index (χ0v) is 8.40. The molecule has 14 heavy (non-hydrogen) atoms. The van der Waals surface area contributed by atoms with E-state index in [9.17, 15) is 4.79 Å². The fraction of sp³-hybridized carbons (Fsp3) is 0.333. The van der Waals surface area contributed by atoms with Crippen molar-refractivity contribution in [3.63, 3.8) is 0 Å². The first-order valence-corrected chi connectivity index (χ1v) is 4.87. The van der Waals surface area contributed by atoms with Gasteiger partial charge < -0.3 is 4.74 Å². The SMILES string of the molecule is CCOC(=O)CC[CH]c1ccccc1. The molecule has 0 aromatic heterocycles. The molecule has 0 N–H and O–H groups in total. The summed E-state index contributed by atoms with van der Waals surface area (Å²) in [6.45, 7) is 2.28. The molecule has 75 valence electrons. The molecule has 0 saturated heterocycles. The van der Waals surface area contributed by atoms with Crippen LogP contribution in [0.15, 0.2) is 30.3 Å². The minimum Gasteiger partial charge on any atom is -0.466 e.